The zero-order chi connectivity index (χ0) is 6.57. The highest BCUT2D eigenvalue weighted by Gasteiger charge is 1.99. The van der Waals surface area contributed by atoms with Crippen LogP contribution in [0.25, 0.3) is 0 Å². The van der Waals surface area contributed by atoms with Crippen molar-refractivity contribution in [1.29, 1.82) is 0 Å². The van der Waals surface area contributed by atoms with Gasteiger partial charge in [-0.3, -0.25) is 5.32 Å². The number of carbonyl (C=O) groups excluding carboxylic acids is 1. The summed E-state index contributed by atoms with van der Waals surface area (Å²) < 4.78 is 4.20. The fourth-order valence-corrected chi connectivity index (χ4v) is 0.181. The van der Waals surface area contributed by atoms with E-state index in [0.717, 1.165) is 0 Å². The minimum atomic E-state index is -1.30. The molecule has 48 valence electrons. The summed E-state index contributed by atoms with van der Waals surface area (Å²) in [5, 5.41) is 10.3. The molecule has 0 fully saturated rings. The number of aliphatic hydroxyl groups is 1. The number of carbonyl (C=O) groups is 1. The summed E-state index contributed by atoms with van der Waals surface area (Å²) in [6.45, 7) is 0. The molecule has 0 radical (unpaired) electrons. The molecule has 0 aliphatic carbocycles. The standard InChI is InChI=1S/C3H8N2O3/c1-8-3(7)5-2(4)6/h3,7H,1H3,(H3,4,5,6). The summed E-state index contributed by atoms with van der Waals surface area (Å²) in [5.74, 6) is 0. The second kappa shape index (κ2) is 3.23. The molecule has 0 aromatic rings. The number of amides is 2. The van der Waals surface area contributed by atoms with E-state index in [0.29, 0.717) is 0 Å². The Morgan fingerprint density at radius 2 is 2.50 bits per heavy atom. The Hall–Kier alpha value is -0.810. The summed E-state index contributed by atoms with van der Waals surface area (Å²) in [6, 6.07) is -0.820. The number of nitrogens with two attached hydrogens (primary N) is 1. The number of hydrogen-bond donors (Lipinski definition) is 3. The summed E-state index contributed by atoms with van der Waals surface area (Å²) in [7, 11) is 1.24. The van der Waals surface area contributed by atoms with Crippen LogP contribution in [0.4, 0.5) is 4.79 Å². The normalized spacial score (nSPS) is 12.8. The minimum Gasteiger partial charge on any atom is -0.352 e. The van der Waals surface area contributed by atoms with Gasteiger partial charge in [0.05, 0.1) is 0 Å². The molecule has 0 saturated heterocycles. The molecule has 0 aliphatic rings. The molecule has 1 atom stereocenters. The molecule has 4 N–H and O–H groups in total. The van der Waals surface area contributed by atoms with Gasteiger partial charge in [0.25, 0.3) is 0 Å². The van der Waals surface area contributed by atoms with Gasteiger partial charge in [-0.15, -0.1) is 0 Å². The SMILES string of the molecule is COC(O)NC(N)=O. The fraction of sp³-hybridized carbons (Fsp3) is 0.667. The van der Waals surface area contributed by atoms with Crippen molar-refractivity contribution >= 4 is 6.03 Å². The fourth-order valence-electron chi connectivity index (χ4n) is 0.181. The molecule has 5 nitrogen and oxygen atoms in total. The van der Waals surface area contributed by atoms with E-state index in [1.807, 2.05) is 5.32 Å². The number of rotatable bonds is 2. The zero-order valence-electron chi connectivity index (χ0n) is 4.42. The highest BCUT2D eigenvalue weighted by molar-refractivity contribution is 5.71. The lowest BCUT2D eigenvalue weighted by molar-refractivity contribution is -0.0867. The first-order chi connectivity index (χ1) is 3.66. The summed E-state index contributed by atoms with van der Waals surface area (Å²) in [5.41, 5.74) is 4.58. The smallest absolute Gasteiger partial charge is 0.316 e. The van der Waals surface area contributed by atoms with Gasteiger partial charge in [-0.2, -0.15) is 0 Å². The lowest BCUT2D eigenvalue weighted by atomic mass is 10.9. The van der Waals surface area contributed by atoms with Crippen LogP contribution in [0.3, 0.4) is 0 Å². The number of aliphatic hydroxyl groups excluding tert-OH is 1. The molecule has 2 amide bonds. The van der Waals surface area contributed by atoms with Crippen LogP contribution in [0.2, 0.25) is 0 Å². The number of ether oxygens (including phenoxy) is 1. The first kappa shape index (κ1) is 7.19. The predicted octanol–water partition coefficient (Wildman–Crippen LogP) is -1.42. The van der Waals surface area contributed by atoms with Crippen LogP contribution in [0, 0.1) is 0 Å². The van der Waals surface area contributed by atoms with Gasteiger partial charge in [0.15, 0.2) is 0 Å². The maximum absolute atomic E-state index is 9.84. The van der Waals surface area contributed by atoms with Crippen LogP contribution < -0.4 is 11.1 Å². The van der Waals surface area contributed by atoms with Crippen LogP contribution in [-0.4, -0.2) is 24.7 Å². The lowest BCUT2D eigenvalue weighted by Gasteiger charge is -2.06. The molecule has 0 saturated carbocycles. The van der Waals surface area contributed by atoms with Crippen molar-refractivity contribution in [3.05, 3.63) is 0 Å². The molecule has 0 aromatic heterocycles. The number of nitrogens with one attached hydrogen (secondary N) is 1. The monoisotopic (exact) mass is 120 g/mol. The molecule has 0 spiro atoms. The third-order valence-corrected chi connectivity index (χ3v) is 0.489. The number of primary amides is 1. The number of urea groups is 1. The van der Waals surface area contributed by atoms with Gasteiger partial charge < -0.3 is 15.6 Å². The Morgan fingerprint density at radius 1 is 2.00 bits per heavy atom. The van der Waals surface area contributed by atoms with Gasteiger partial charge in [0.1, 0.15) is 0 Å². The second-order valence-corrected chi connectivity index (χ2v) is 1.10. The van der Waals surface area contributed by atoms with E-state index >= 15 is 0 Å². The van der Waals surface area contributed by atoms with Crippen molar-refractivity contribution in [2.24, 2.45) is 5.73 Å². The van der Waals surface area contributed by atoms with Gasteiger partial charge >= 0.3 is 6.03 Å². The number of methoxy groups -OCH3 is 1. The third-order valence-electron chi connectivity index (χ3n) is 0.489. The lowest BCUT2D eigenvalue weighted by Crippen LogP contribution is -2.39. The van der Waals surface area contributed by atoms with Crippen molar-refractivity contribution in [2.45, 2.75) is 6.41 Å². The van der Waals surface area contributed by atoms with Gasteiger partial charge in [0, 0.05) is 7.11 Å². The van der Waals surface area contributed by atoms with Crippen molar-refractivity contribution in [3.63, 3.8) is 0 Å². The van der Waals surface area contributed by atoms with E-state index in [-0.39, 0.29) is 0 Å². The third kappa shape index (κ3) is 3.38. The quantitative estimate of drug-likeness (QED) is 0.391. The Balaban J connectivity index is 3.24. The van der Waals surface area contributed by atoms with Gasteiger partial charge in [-0.25, -0.2) is 4.79 Å². The van der Waals surface area contributed by atoms with Crippen LogP contribution >= 0.6 is 0 Å². The topological polar surface area (TPSA) is 84.6 Å². The van der Waals surface area contributed by atoms with Crippen LogP contribution in [0.1, 0.15) is 0 Å². The molecular weight excluding hydrogens is 112 g/mol. The molecule has 5 heteroatoms. The maximum Gasteiger partial charge on any atom is 0.316 e. The zero-order valence-corrected chi connectivity index (χ0v) is 4.42. The highest BCUT2D eigenvalue weighted by Crippen LogP contribution is 1.72. The van der Waals surface area contributed by atoms with Gasteiger partial charge in [0.2, 0.25) is 6.41 Å². The average Bonchev–Trinajstić information content (AvgIpc) is 1.65. The van der Waals surface area contributed by atoms with E-state index in [9.17, 15) is 4.79 Å². The molecule has 0 bridgehead atoms. The van der Waals surface area contributed by atoms with Crippen molar-refractivity contribution in [1.82, 2.24) is 5.32 Å². The van der Waals surface area contributed by atoms with E-state index in [1.54, 1.807) is 0 Å². The van der Waals surface area contributed by atoms with Gasteiger partial charge in [-0.1, -0.05) is 0 Å². The van der Waals surface area contributed by atoms with Crippen molar-refractivity contribution < 1.29 is 14.6 Å². The van der Waals surface area contributed by atoms with Crippen LogP contribution in [0.5, 0.6) is 0 Å². The number of hydrogen-bond acceptors (Lipinski definition) is 3. The second-order valence-electron chi connectivity index (χ2n) is 1.10. The Morgan fingerprint density at radius 3 is 2.62 bits per heavy atom. The van der Waals surface area contributed by atoms with Crippen LogP contribution in [0.15, 0.2) is 0 Å². The van der Waals surface area contributed by atoms with E-state index < -0.39 is 12.4 Å². The first-order valence-corrected chi connectivity index (χ1v) is 1.93. The molecule has 0 rings (SSSR count). The summed E-state index contributed by atoms with van der Waals surface area (Å²) in [4.78, 5) is 9.84. The molecule has 1 unspecified atom stereocenters. The first-order valence-electron chi connectivity index (χ1n) is 1.93. The predicted molar refractivity (Wildman–Crippen MR) is 25.7 cm³/mol. The molecule has 8 heavy (non-hydrogen) atoms. The molecule has 0 heterocycles. The summed E-state index contributed by atoms with van der Waals surface area (Å²) >= 11 is 0. The Kier molecular flexibility index (Phi) is 2.90. The summed E-state index contributed by atoms with van der Waals surface area (Å²) in [6.07, 6.45) is -1.30. The van der Waals surface area contributed by atoms with Crippen molar-refractivity contribution in [3.8, 4) is 0 Å². The molecule has 0 aliphatic heterocycles. The maximum atomic E-state index is 9.84. The minimum absolute atomic E-state index is 0.820. The van der Waals surface area contributed by atoms with Crippen LogP contribution in [-0.2, 0) is 4.74 Å². The van der Waals surface area contributed by atoms with E-state index in [4.69, 9.17) is 5.11 Å². The van der Waals surface area contributed by atoms with E-state index in [2.05, 4.69) is 10.5 Å². The van der Waals surface area contributed by atoms with Crippen molar-refractivity contribution in [2.75, 3.05) is 7.11 Å². The van der Waals surface area contributed by atoms with E-state index in [1.165, 1.54) is 7.11 Å². The Bertz CT molecular complexity index is 84.6. The average molecular weight is 120 g/mol. The molecule has 0 aromatic carbocycles. The highest BCUT2D eigenvalue weighted by atomic mass is 16.6. The van der Waals surface area contributed by atoms with Gasteiger partial charge in [-0.05, 0) is 0 Å². The Labute approximate surface area is 46.4 Å². The molecular formula is C3H8N2O3. The largest absolute Gasteiger partial charge is 0.352 e.